The van der Waals surface area contributed by atoms with Crippen molar-refractivity contribution in [1.82, 2.24) is 0 Å². The van der Waals surface area contributed by atoms with Crippen LogP contribution in [0.2, 0.25) is 0 Å². The van der Waals surface area contributed by atoms with Crippen LogP contribution >= 0.6 is 0 Å². The molecule has 0 spiro atoms. The Bertz CT molecular complexity index is 483. The van der Waals surface area contributed by atoms with E-state index < -0.39 is 23.5 Å². The third-order valence-electron chi connectivity index (χ3n) is 3.63. The second-order valence-electron chi connectivity index (χ2n) is 4.97. The van der Waals surface area contributed by atoms with Crippen molar-refractivity contribution >= 4 is 0 Å². The third kappa shape index (κ3) is 3.18. The van der Waals surface area contributed by atoms with Gasteiger partial charge in [-0.05, 0) is 31.7 Å². The molecule has 1 nitrogen and oxygen atoms in total. The molecule has 0 aromatic heterocycles. The smallest absolute Gasteiger partial charge is 0.194 e. The summed E-state index contributed by atoms with van der Waals surface area (Å²) in [6.45, 7) is 0. The lowest BCUT2D eigenvalue weighted by Crippen LogP contribution is -2.17. The first-order valence-electron chi connectivity index (χ1n) is 6.69. The molecule has 1 aromatic carbocycles. The highest BCUT2D eigenvalue weighted by atomic mass is 19.2. The molecule has 1 aliphatic carbocycles. The van der Waals surface area contributed by atoms with Crippen LogP contribution < -0.4 is 5.73 Å². The van der Waals surface area contributed by atoms with Gasteiger partial charge in [-0.2, -0.15) is 0 Å². The van der Waals surface area contributed by atoms with Gasteiger partial charge < -0.3 is 5.73 Å². The maximum atomic E-state index is 13.7. The fraction of sp³-hybridized carbons (Fsp3) is 0.467. The summed E-state index contributed by atoms with van der Waals surface area (Å²) in [5.41, 5.74) is 6.97. The highest BCUT2D eigenvalue weighted by Crippen LogP contribution is 2.29. The molecule has 0 fully saturated rings. The van der Waals surface area contributed by atoms with Crippen molar-refractivity contribution < 1.29 is 13.2 Å². The average Bonchev–Trinajstić information content (AvgIpc) is 2.35. The van der Waals surface area contributed by atoms with Crippen molar-refractivity contribution in [3.05, 3.63) is 46.8 Å². The summed E-state index contributed by atoms with van der Waals surface area (Å²) in [7, 11) is 0. The van der Waals surface area contributed by atoms with Crippen LogP contribution in [-0.2, 0) is 0 Å². The molecule has 1 unspecified atom stereocenters. The molecule has 19 heavy (non-hydrogen) atoms. The highest BCUT2D eigenvalue weighted by molar-refractivity contribution is 5.30. The molecule has 0 saturated carbocycles. The van der Waals surface area contributed by atoms with E-state index >= 15 is 0 Å². The first-order chi connectivity index (χ1) is 9.11. The van der Waals surface area contributed by atoms with Gasteiger partial charge in [-0.15, -0.1) is 0 Å². The monoisotopic (exact) mass is 269 g/mol. The van der Waals surface area contributed by atoms with Crippen molar-refractivity contribution in [2.45, 2.75) is 44.6 Å². The van der Waals surface area contributed by atoms with Crippen molar-refractivity contribution in [2.24, 2.45) is 5.73 Å². The van der Waals surface area contributed by atoms with Crippen LogP contribution in [0.15, 0.2) is 23.8 Å². The van der Waals surface area contributed by atoms with E-state index in [0.717, 1.165) is 43.7 Å². The third-order valence-corrected chi connectivity index (χ3v) is 3.63. The first-order valence-corrected chi connectivity index (χ1v) is 6.69. The van der Waals surface area contributed by atoms with Crippen LogP contribution in [0.25, 0.3) is 0 Å². The summed E-state index contributed by atoms with van der Waals surface area (Å²) in [6, 6.07) is 1.47. The molecule has 2 N–H and O–H groups in total. The van der Waals surface area contributed by atoms with E-state index in [1.54, 1.807) is 0 Å². The number of benzene rings is 1. The van der Waals surface area contributed by atoms with Crippen molar-refractivity contribution in [3.63, 3.8) is 0 Å². The molecule has 2 rings (SSSR count). The summed E-state index contributed by atoms with van der Waals surface area (Å²) in [6.07, 6.45) is 8.14. The molecule has 4 heteroatoms. The summed E-state index contributed by atoms with van der Waals surface area (Å²) in [4.78, 5) is 0. The number of allylic oxidation sites excluding steroid dienone is 1. The topological polar surface area (TPSA) is 26.0 Å². The fourth-order valence-electron chi connectivity index (χ4n) is 2.48. The van der Waals surface area contributed by atoms with Crippen LogP contribution in [0.5, 0.6) is 0 Å². The second-order valence-corrected chi connectivity index (χ2v) is 4.97. The Morgan fingerprint density at radius 3 is 2.47 bits per heavy atom. The van der Waals surface area contributed by atoms with Gasteiger partial charge in [0.15, 0.2) is 17.5 Å². The summed E-state index contributed by atoms with van der Waals surface area (Å²) in [5.74, 6) is -3.80. The molecule has 1 aliphatic rings. The quantitative estimate of drug-likeness (QED) is 0.625. The van der Waals surface area contributed by atoms with Gasteiger partial charge in [-0.25, -0.2) is 13.2 Å². The maximum absolute atomic E-state index is 13.7. The zero-order chi connectivity index (χ0) is 13.8. The Morgan fingerprint density at radius 2 is 1.68 bits per heavy atom. The first kappa shape index (κ1) is 14.1. The normalized spacial score (nSPS) is 21.2. The van der Waals surface area contributed by atoms with E-state index in [2.05, 4.69) is 0 Å². The van der Waals surface area contributed by atoms with Gasteiger partial charge in [-0.3, -0.25) is 0 Å². The van der Waals surface area contributed by atoms with Crippen LogP contribution in [0, 0.1) is 17.5 Å². The number of hydrogen-bond acceptors (Lipinski definition) is 1. The van der Waals surface area contributed by atoms with Crippen LogP contribution in [0.1, 0.15) is 50.1 Å². The van der Waals surface area contributed by atoms with Crippen molar-refractivity contribution in [3.8, 4) is 0 Å². The van der Waals surface area contributed by atoms with Gasteiger partial charge in [0.25, 0.3) is 0 Å². The lowest BCUT2D eigenvalue weighted by atomic mass is 9.91. The van der Waals surface area contributed by atoms with Crippen LogP contribution in [0.4, 0.5) is 13.2 Å². The van der Waals surface area contributed by atoms with E-state index in [1.165, 1.54) is 12.5 Å². The number of halogens is 3. The second kappa shape index (κ2) is 6.24. The van der Waals surface area contributed by atoms with Crippen LogP contribution in [0.3, 0.4) is 0 Å². The molecular weight excluding hydrogens is 251 g/mol. The predicted molar refractivity (Wildman–Crippen MR) is 69.0 cm³/mol. The summed E-state index contributed by atoms with van der Waals surface area (Å²) >= 11 is 0. The van der Waals surface area contributed by atoms with E-state index in [9.17, 15) is 13.2 Å². The largest absolute Gasteiger partial charge is 0.320 e. The Kier molecular flexibility index (Phi) is 4.64. The van der Waals surface area contributed by atoms with Gasteiger partial charge in [0.05, 0.1) is 6.04 Å². The van der Waals surface area contributed by atoms with E-state index in [0.29, 0.717) is 0 Å². The van der Waals surface area contributed by atoms with Gasteiger partial charge in [0.1, 0.15) is 0 Å². The van der Waals surface area contributed by atoms with Gasteiger partial charge in [0.2, 0.25) is 0 Å². The molecule has 0 aliphatic heterocycles. The Labute approximate surface area is 111 Å². The standard InChI is InChI=1S/C15H18F3N/c16-12-9-8-11(13(17)14(12)18)15(19)10-6-4-2-1-3-5-7-10/h6,8-9,15H,1-5,7,19H2/b10-6+. The molecule has 0 amide bonds. The summed E-state index contributed by atoms with van der Waals surface area (Å²) < 4.78 is 39.9. The lowest BCUT2D eigenvalue weighted by Gasteiger charge is -2.19. The molecule has 1 atom stereocenters. The fourth-order valence-corrected chi connectivity index (χ4v) is 2.48. The number of hydrogen-bond donors (Lipinski definition) is 1. The number of rotatable bonds is 2. The zero-order valence-electron chi connectivity index (χ0n) is 10.8. The minimum absolute atomic E-state index is 0.0331. The predicted octanol–water partition coefficient (Wildman–Crippen LogP) is 4.38. The Hall–Kier alpha value is -1.29. The molecule has 0 bridgehead atoms. The van der Waals surface area contributed by atoms with E-state index in [1.807, 2.05) is 6.08 Å². The van der Waals surface area contributed by atoms with Crippen molar-refractivity contribution in [1.29, 1.82) is 0 Å². The van der Waals surface area contributed by atoms with E-state index in [4.69, 9.17) is 5.73 Å². The van der Waals surface area contributed by atoms with Gasteiger partial charge in [0, 0.05) is 5.56 Å². The SMILES string of the molecule is NC(/C1=C/CCCCCC1)c1ccc(F)c(F)c1F. The lowest BCUT2D eigenvalue weighted by molar-refractivity contribution is 0.437. The highest BCUT2D eigenvalue weighted by Gasteiger charge is 2.21. The minimum atomic E-state index is -1.45. The van der Waals surface area contributed by atoms with Crippen molar-refractivity contribution in [2.75, 3.05) is 0 Å². The molecule has 0 heterocycles. The molecule has 104 valence electrons. The van der Waals surface area contributed by atoms with Gasteiger partial charge >= 0.3 is 0 Å². The van der Waals surface area contributed by atoms with Gasteiger partial charge in [-0.1, -0.05) is 30.6 Å². The number of nitrogens with two attached hydrogens (primary N) is 1. The van der Waals surface area contributed by atoms with E-state index in [-0.39, 0.29) is 5.56 Å². The Morgan fingerprint density at radius 1 is 0.947 bits per heavy atom. The molecular formula is C15H18F3N. The molecule has 0 radical (unpaired) electrons. The average molecular weight is 269 g/mol. The molecule has 0 saturated heterocycles. The molecule has 1 aromatic rings. The van der Waals surface area contributed by atoms with Crippen LogP contribution in [-0.4, -0.2) is 0 Å². The Balaban J connectivity index is 2.27. The maximum Gasteiger partial charge on any atom is 0.194 e. The minimum Gasteiger partial charge on any atom is -0.320 e. The zero-order valence-corrected chi connectivity index (χ0v) is 10.8. The summed E-state index contributed by atoms with van der Waals surface area (Å²) in [5, 5.41) is 0.